The van der Waals surface area contributed by atoms with Gasteiger partial charge in [-0.1, -0.05) is 0 Å². The summed E-state index contributed by atoms with van der Waals surface area (Å²) < 4.78 is 0. The van der Waals surface area contributed by atoms with Crippen molar-refractivity contribution in [1.82, 2.24) is 15.0 Å². The number of aromatic nitrogens is 3. The van der Waals surface area contributed by atoms with Crippen LogP contribution in [0.5, 0.6) is 0 Å². The van der Waals surface area contributed by atoms with Crippen molar-refractivity contribution in [3.63, 3.8) is 0 Å². The Morgan fingerprint density at radius 3 is 2.48 bits per heavy atom. The Kier molecular flexibility index (Phi) is 3.65. The van der Waals surface area contributed by atoms with Crippen LogP contribution < -0.4 is 9.80 Å². The van der Waals surface area contributed by atoms with Crippen LogP contribution in [-0.4, -0.2) is 41.1 Å². The van der Waals surface area contributed by atoms with Crippen LogP contribution in [0.3, 0.4) is 0 Å². The second-order valence-corrected chi connectivity index (χ2v) is 4.98. The molecule has 0 amide bonds. The van der Waals surface area contributed by atoms with Gasteiger partial charge in [0.05, 0.1) is 0 Å². The Balaban J connectivity index is 1.69. The molecular weight excluding hydrogens is 264 g/mol. The summed E-state index contributed by atoms with van der Waals surface area (Å²) in [7, 11) is 0. The molecule has 1 saturated heterocycles. The molecule has 6 nitrogen and oxygen atoms in total. The van der Waals surface area contributed by atoms with Crippen LogP contribution in [0.2, 0.25) is 0 Å². The minimum Gasteiger partial charge on any atom is -0.368 e. The van der Waals surface area contributed by atoms with Gasteiger partial charge >= 0.3 is 0 Å². The first-order valence-electron chi connectivity index (χ1n) is 6.92. The maximum Gasteiger partial charge on any atom is 0.225 e. The van der Waals surface area contributed by atoms with Crippen molar-refractivity contribution in [2.45, 2.75) is 6.92 Å². The number of piperazine rings is 1. The minimum atomic E-state index is 0.456. The van der Waals surface area contributed by atoms with E-state index in [1.165, 1.54) is 0 Å². The van der Waals surface area contributed by atoms with E-state index in [2.05, 4.69) is 30.8 Å². The smallest absolute Gasteiger partial charge is 0.225 e. The zero-order chi connectivity index (χ0) is 14.7. The Labute approximate surface area is 123 Å². The molecule has 0 radical (unpaired) electrons. The number of aryl methyl sites for hydroxylation is 1. The lowest BCUT2D eigenvalue weighted by Gasteiger charge is -2.36. The molecule has 106 valence electrons. The van der Waals surface area contributed by atoms with Crippen molar-refractivity contribution in [2.24, 2.45) is 0 Å². The molecule has 2 aromatic rings. The Morgan fingerprint density at radius 1 is 1.05 bits per heavy atom. The number of rotatable bonds is 2. The summed E-state index contributed by atoms with van der Waals surface area (Å²) >= 11 is 0. The molecular formula is C15H16N6. The number of hydrogen-bond acceptors (Lipinski definition) is 6. The van der Waals surface area contributed by atoms with E-state index in [9.17, 15) is 0 Å². The van der Waals surface area contributed by atoms with E-state index in [1.807, 2.05) is 25.1 Å². The topological polar surface area (TPSA) is 68.9 Å². The van der Waals surface area contributed by atoms with Gasteiger partial charge < -0.3 is 9.80 Å². The number of pyridine rings is 1. The highest BCUT2D eigenvalue weighted by molar-refractivity contribution is 5.50. The van der Waals surface area contributed by atoms with E-state index in [0.29, 0.717) is 5.69 Å². The highest BCUT2D eigenvalue weighted by Gasteiger charge is 2.19. The fourth-order valence-electron chi connectivity index (χ4n) is 2.43. The van der Waals surface area contributed by atoms with Crippen LogP contribution in [0.4, 0.5) is 11.6 Å². The summed E-state index contributed by atoms with van der Waals surface area (Å²) in [6, 6.07) is 7.76. The molecule has 0 bridgehead atoms. The minimum absolute atomic E-state index is 0.456. The Hall–Kier alpha value is -2.68. The van der Waals surface area contributed by atoms with Gasteiger partial charge in [0.1, 0.15) is 11.8 Å². The molecule has 3 rings (SSSR count). The average molecular weight is 280 g/mol. The third-order valence-electron chi connectivity index (χ3n) is 3.57. The highest BCUT2D eigenvalue weighted by Crippen LogP contribution is 2.18. The van der Waals surface area contributed by atoms with Crippen molar-refractivity contribution < 1.29 is 0 Å². The number of nitrogens with zero attached hydrogens (tertiary/aromatic N) is 6. The third-order valence-corrected chi connectivity index (χ3v) is 3.57. The molecule has 0 spiro atoms. The summed E-state index contributed by atoms with van der Waals surface area (Å²) in [6.07, 6.45) is 3.48. The number of nitriles is 1. The maximum atomic E-state index is 8.92. The van der Waals surface area contributed by atoms with Gasteiger partial charge in [0, 0.05) is 50.0 Å². The molecule has 0 atom stereocenters. The molecule has 0 N–H and O–H groups in total. The van der Waals surface area contributed by atoms with Gasteiger partial charge in [-0.3, -0.25) is 0 Å². The van der Waals surface area contributed by atoms with Crippen LogP contribution in [-0.2, 0) is 0 Å². The van der Waals surface area contributed by atoms with Crippen molar-refractivity contribution in [1.29, 1.82) is 5.26 Å². The van der Waals surface area contributed by atoms with E-state index >= 15 is 0 Å². The highest BCUT2D eigenvalue weighted by atomic mass is 15.3. The van der Waals surface area contributed by atoms with Crippen LogP contribution in [0.25, 0.3) is 0 Å². The summed E-state index contributed by atoms with van der Waals surface area (Å²) in [4.78, 5) is 17.3. The molecule has 3 heterocycles. The molecule has 0 aliphatic carbocycles. The monoisotopic (exact) mass is 280 g/mol. The first-order valence-corrected chi connectivity index (χ1v) is 6.92. The van der Waals surface area contributed by atoms with Crippen molar-refractivity contribution in [2.75, 3.05) is 36.0 Å². The number of hydrogen-bond donors (Lipinski definition) is 0. The summed E-state index contributed by atoms with van der Waals surface area (Å²) in [5.74, 6) is 0.794. The zero-order valence-electron chi connectivity index (χ0n) is 11.9. The maximum absolute atomic E-state index is 8.92. The first-order chi connectivity index (χ1) is 10.3. The summed E-state index contributed by atoms with van der Waals surface area (Å²) in [6.45, 7) is 5.47. The lowest BCUT2D eigenvalue weighted by atomic mass is 10.2. The quantitative estimate of drug-likeness (QED) is 0.827. The third kappa shape index (κ3) is 2.92. The van der Waals surface area contributed by atoms with Gasteiger partial charge in [-0.25, -0.2) is 15.0 Å². The lowest BCUT2D eigenvalue weighted by molar-refractivity contribution is 0.639. The van der Waals surface area contributed by atoms with E-state index in [0.717, 1.165) is 43.5 Å². The lowest BCUT2D eigenvalue weighted by Crippen LogP contribution is -2.47. The van der Waals surface area contributed by atoms with Gasteiger partial charge in [-0.2, -0.15) is 5.26 Å². The molecule has 0 aromatic carbocycles. The van der Waals surface area contributed by atoms with E-state index in [-0.39, 0.29) is 0 Å². The number of anilines is 2. The van der Waals surface area contributed by atoms with Crippen LogP contribution in [0.15, 0.2) is 30.6 Å². The standard InChI is InChI=1S/C15H16N6/c1-12-2-4-18-15(19-12)21-8-6-20(7-9-21)14-3-5-17-13(10-14)11-16/h2-5,10H,6-9H2,1H3. The van der Waals surface area contributed by atoms with Crippen molar-refractivity contribution in [3.8, 4) is 6.07 Å². The molecule has 1 fully saturated rings. The van der Waals surface area contributed by atoms with Crippen molar-refractivity contribution in [3.05, 3.63) is 42.0 Å². The van der Waals surface area contributed by atoms with Crippen LogP contribution >= 0.6 is 0 Å². The molecule has 21 heavy (non-hydrogen) atoms. The fourth-order valence-corrected chi connectivity index (χ4v) is 2.43. The van der Waals surface area contributed by atoms with Crippen LogP contribution in [0, 0.1) is 18.3 Å². The van der Waals surface area contributed by atoms with E-state index < -0.39 is 0 Å². The van der Waals surface area contributed by atoms with Gasteiger partial charge in [0.15, 0.2) is 0 Å². The van der Waals surface area contributed by atoms with Gasteiger partial charge in [-0.05, 0) is 25.1 Å². The molecule has 0 unspecified atom stereocenters. The second kappa shape index (κ2) is 5.75. The molecule has 6 heteroatoms. The van der Waals surface area contributed by atoms with Gasteiger partial charge in [0.2, 0.25) is 5.95 Å². The predicted molar refractivity (Wildman–Crippen MR) is 80.1 cm³/mol. The normalized spacial score (nSPS) is 14.9. The van der Waals surface area contributed by atoms with E-state index in [1.54, 1.807) is 12.4 Å². The van der Waals surface area contributed by atoms with E-state index in [4.69, 9.17) is 5.26 Å². The Morgan fingerprint density at radius 2 is 1.76 bits per heavy atom. The Bertz CT molecular complexity index is 670. The second-order valence-electron chi connectivity index (χ2n) is 4.98. The van der Waals surface area contributed by atoms with Gasteiger partial charge in [0.25, 0.3) is 0 Å². The van der Waals surface area contributed by atoms with Crippen molar-refractivity contribution >= 4 is 11.6 Å². The summed E-state index contributed by atoms with van der Waals surface area (Å²) in [5.41, 5.74) is 2.48. The molecule has 2 aromatic heterocycles. The first kappa shape index (κ1) is 13.3. The summed E-state index contributed by atoms with van der Waals surface area (Å²) in [5, 5.41) is 8.92. The SMILES string of the molecule is Cc1ccnc(N2CCN(c3ccnc(C#N)c3)CC2)n1. The van der Waals surface area contributed by atoms with Gasteiger partial charge in [-0.15, -0.1) is 0 Å². The fraction of sp³-hybridized carbons (Fsp3) is 0.333. The van der Waals surface area contributed by atoms with Crippen LogP contribution in [0.1, 0.15) is 11.4 Å². The molecule has 1 aliphatic heterocycles. The average Bonchev–Trinajstić information content (AvgIpc) is 2.55. The predicted octanol–water partition coefficient (Wildman–Crippen LogP) is 1.38. The molecule has 0 saturated carbocycles. The zero-order valence-corrected chi connectivity index (χ0v) is 11.9. The molecule has 1 aliphatic rings. The largest absolute Gasteiger partial charge is 0.368 e.